The Balaban J connectivity index is 2.36. The molecule has 2 N–H and O–H groups in total. The fraction of sp³-hybridized carbons (Fsp3) is 0.200. The maximum absolute atomic E-state index is 11.0. The van der Waals surface area contributed by atoms with Crippen LogP contribution in [0.15, 0.2) is 30.6 Å². The molecule has 7 nitrogen and oxygen atoms in total. The van der Waals surface area contributed by atoms with Gasteiger partial charge in [0.25, 0.3) is 0 Å². The molecule has 9 heteroatoms. The normalized spacial score (nSPS) is 13.8. The van der Waals surface area contributed by atoms with Crippen molar-refractivity contribution < 1.29 is 9.53 Å². The van der Waals surface area contributed by atoms with E-state index >= 15 is 0 Å². The number of benzene rings is 1. The first kappa shape index (κ1) is 14.0. The molecular formula is C10H9ClIN5O2. The van der Waals surface area contributed by atoms with E-state index in [1.54, 1.807) is 6.07 Å². The van der Waals surface area contributed by atoms with Crippen molar-refractivity contribution in [3.63, 3.8) is 0 Å². The summed E-state index contributed by atoms with van der Waals surface area (Å²) in [7, 11) is 0. The van der Waals surface area contributed by atoms with E-state index in [0.29, 0.717) is 0 Å². The summed E-state index contributed by atoms with van der Waals surface area (Å²) in [5.74, 6) is 0. The lowest BCUT2D eigenvalue weighted by molar-refractivity contribution is 0.0881. The number of halogens is 2. The van der Waals surface area contributed by atoms with Crippen LogP contribution in [0.5, 0.6) is 0 Å². The molecule has 2 aromatic rings. The fourth-order valence-electron chi connectivity index (χ4n) is 1.52. The number of aromatic nitrogens is 4. The summed E-state index contributed by atoms with van der Waals surface area (Å²) >= 11 is 8.37. The molecule has 0 radical (unpaired) electrons. The Morgan fingerprint density at radius 3 is 2.79 bits per heavy atom. The van der Waals surface area contributed by atoms with E-state index in [9.17, 15) is 4.79 Å². The van der Waals surface area contributed by atoms with Gasteiger partial charge in [0.2, 0.25) is 0 Å². The van der Waals surface area contributed by atoms with Gasteiger partial charge < -0.3 is 10.5 Å². The SMILES string of the molecule is NC(=O)OC(c1ccccc1I)C(Cl)n1cnnn1. The van der Waals surface area contributed by atoms with Crippen LogP contribution in [0.3, 0.4) is 0 Å². The van der Waals surface area contributed by atoms with Crippen LogP contribution in [0.4, 0.5) is 4.79 Å². The highest BCUT2D eigenvalue weighted by Crippen LogP contribution is 2.34. The van der Waals surface area contributed by atoms with Crippen LogP contribution in [-0.4, -0.2) is 26.3 Å². The van der Waals surface area contributed by atoms with Crippen molar-refractivity contribution in [2.75, 3.05) is 0 Å². The van der Waals surface area contributed by atoms with Crippen molar-refractivity contribution in [2.45, 2.75) is 11.6 Å². The predicted octanol–water partition coefficient (Wildman–Crippen LogP) is 1.85. The summed E-state index contributed by atoms with van der Waals surface area (Å²) in [5.41, 5.74) is 5.03. The second-order valence-electron chi connectivity index (χ2n) is 3.54. The molecule has 2 unspecified atom stereocenters. The number of amides is 1. The van der Waals surface area contributed by atoms with E-state index in [0.717, 1.165) is 9.13 Å². The third-order valence-electron chi connectivity index (χ3n) is 2.32. The Hall–Kier alpha value is -1.42. The largest absolute Gasteiger partial charge is 0.438 e. The molecule has 1 aromatic carbocycles. The molecule has 0 fully saturated rings. The number of nitrogens with zero attached hydrogens (tertiary/aromatic N) is 4. The zero-order chi connectivity index (χ0) is 13.8. The lowest BCUT2D eigenvalue weighted by Crippen LogP contribution is -2.24. The molecule has 1 amide bonds. The lowest BCUT2D eigenvalue weighted by Gasteiger charge is -2.22. The van der Waals surface area contributed by atoms with Crippen molar-refractivity contribution in [3.05, 3.63) is 39.7 Å². The third-order valence-corrected chi connectivity index (χ3v) is 3.73. The number of hydrogen-bond acceptors (Lipinski definition) is 5. The zero-order valence-electron chi connectivity index (χ0n) is 9.48. The number of primary amides is 1. The smallest absolute Gasteiger partial charge is 0.405 e. The second kappa shape index (κ2) is 6.15. The molecule has 0 spiro atoms. The average molecular weight is 394 g/mol. The number of hydrogen-bond donors (Lipinski definition) is 1. The van der Waals surface area contributed by atoms with E-state index in [4.69, 9.17) is 22.1 Å². The Morgan fingerprint density at radius 1 is 1.47 bits per heavy atom. The first-order valence-electron chi connectivity index (χ1n) is 5.16. The van der Waals surface area contributed by atoms with Crippen molar-refractivity contribution >= 4 is 40.3 Å². The molecule has 0 saturated carbocycles. The van der Waals surface area contributed by atoms with Gasteiger partial charge in [-0.05, 0) is 39.1 Å². The van der Waals surface area contributed by atoms with Gasteiger partial charge in [-0.3, -0.25) is 0 Å². The molecule has 0 aliphatic carbocycles. The Bertz CT molecular complexity index is 565. The van der Waals surface area contributed by atoms with Crippen LogP contribution in [0.1, 0.15) is 17.2 Å². The molecule has 2 atom stereocenters. The Morgan fingerprint density at radius 2 is 2.21 bits per heavy atom. The summed E-state index contributed by atoms with van der Waals surface area (Å²) in [6.45, 7) is 0. The fourth-order valence-corrected chi connectivity index (χ4v) is 2.49. The molecule has 1 heterocycles. The molecule has 100 valence electrons. The van der Waals surface area contributed by atoms with E-state index in [-0.39, 0.29) is 0 Å². The Labute approximate surface area is 127 Å². The van der Waals surface area contributed by atoms with Crippen molar-refractivity contribution in [2.24, 2.45) is 5.73 Å². The first-order valence-corrected chi connectivity index (χ1v) is 6.68. The van der Waals surface area contributed by atoms with Crippen molar-refractivity contribution in [3.8, 4) is 0 Å². The van der Waals surface area contributed by atoms with Gasteiger partial charge in [-0.25, -0.2) is 9.48 Å². The van der Waals surface area contributed by atoms with E-state index in [1.165, 1.54) is 11.0 Å². The number of ether oxygens (including phenoxy) is 1. The number of carbonyl (C=O) groups excluding carboxylic acids is 1. The topological polar surface area (TPSA) is 95.9 Å². The number of nitrogens with two attached hydrogens (primary N) is 1. The van der Waals surface area contributed by atoms with Gasteiger partial charge >= 0.3 is 6.09 Å². The standard InChI is InChI=1S/C10H9ClIN5O2/c11-9(17-5-14-15-16-17)8(19-10(13)18)6-3-1-2-4-7(6)12/h1-5,8-9H,(H2,13,18). The van der Waals surface area contributed by atoms with Crippen LogP contribution in [-0.2, 0) is 4.74 Å². The summed E-state index contributed by atoms with van der Waals surface area (Å²) in [5, 5.41) is 10.7. The van der Waals surface area contributed by atoms with Gasteiger partial charge in [-0.15, -0.1) is 5.10 Å². The third kappa shape index (κ3) is 3.32. The molecule has 2 rings (SSSR count). The highest BCUT2D eigenvalue weighted by molar-refractivity contribution is 14.1. The number of alkyl halides is 1. The van der Waals surface area contributed by atoms with E-state index in [1.807, 2.05) is 18.2 Å². The molecule has 0 bridgehead atoms. The van der Waals surface area contributed by atoms with Gasteiger partial charge in [0.15, 0.2) is 11.6 Å². The molecule has 0 saturated heterocycles. The van der Waals surface area contributed by atoms with E-state index < -0.39 is 17.7 Å². The molecule has 1 aromatic heterocycles. The van der Waals surface area contributed by atoms with Crippen LogP contribution >= 0.6 is 34.2 Å². The molecule has 19 heavy (non-hydrogen) atoms. The van der Waals surface area contributed by atoms with E-state index in [2.05, 4.69) is 38.1 Å². The maximum atomic E-state index is 11.0. The zero-order valence-corrected chi connectivity index (χ0v) is 12.4. The van der Waals surface area contributed by atoms with Gasteiger partial charge in [0.05, 0.1) is 0 Å². The van der Waals surface area contributed by atoms with Crippen LogP contribution in [0, 0.1) is 3.57 Å². The van der Waals surface area contributed by atoms with Gasteiger partial charge in [-0.1, -0.05) is 29.8 Å². The molecule has 0 aliphatic heterocycles. The van der Waals surface area contributed by atoms with Crippen LogP contribution < -0.4 is 5.73 Å². The lowest BCUT2D eigenvalue weighted by atomic mass is 10.1. The van der Waals surface area contributed by atoms with Gasteiger partial charge in [0.1, 0.15) is 6.33 Å². The van der Waals surface area contributed by atoms with Crippen LogP contribution in [0.25, 0.3) is 0 Å². The number of rotatable bonds is 4. The predicted molar refractivity (Wildman–Crippen MR) is 75.3 cm³/mol. The minimum atomic E-state index is -0.914. The second-order valence-corrected chi connectivity index (χ2v) is 5.15. The monoisotopic (exact) mass is 393 g/mol. The average Bonchev–Trinajstić information content (AvgIpc) is 2.90. The number of tetrazole rings is 1. The van der Waals surface area contributed by atoms with Gasteiger partial charge in [0, 0.05) is 9.13 Å². The molecular weight excluding hydrogens is 385 g/mol. The minimum absolute atomic E-state index is 0.734. The van der Waals surface area contributed by atoms with Gasteiger partial charge in [-0.2, -0.15) is 0 Å². The summed E-state index contributed by atoms with van der Waals surface area (Å²) < 4.78 is 7.27. The highest BCUT2D eigenvalue weighted by atomic mass is 127. The highest BCUT2D eigenvalue weighted by Gasteiger charge is 2.28. The number of carbonyl (C=O) groups is 1. The first-order chi connectivity index (χ1) is 9.09. The summed E-state index contributed by atoms with van der Waals surface area (Å²) in [6, 6.07) is 7.36. The summed E-state index contributed by atoms with van der Waals surface area (Å²) in [6.07, 6.45) is -0.357. The van der Waals surface area contributed by atoms with Crippen molar-refractivity contribution in [1.29, 1.82) is 0 Å². The molecule has 0 aliphatic rings. The minimum Gasteiger partial charge on any atom is -0.438 e. The summed E-state index contributed by atoms with van der Waals surface area (Å²) in [4.78, 5) is 11.0. The van der Waals surface area contributed by atoms with Crippen LogP contribution in [0.2, 0.25) is 0 Å². The quantitative estimate of drug-likeness (QED) is 0.632. The maximum Gasteiger partial charge on any atom is 0.405 e. The van der Waals surface area contributed by atoms with Crippen molar-refractivity contribution in [1.82, 2.24) is 20.2 Å². The Kier molecular flexibility index (Phi) is 4.53.